The quantitative estimate of drug-likeness (QED) is 0.0261. The van der Waals surface area contributed by atoms with Crippen LogP contribution in [-0.4, -0.2) is 37.2 Å². The van der Waals surface area contributed by atoms with Gasteiger partial charge in [0.05, 0.1) is 0 Å². The van der Waals surface area contributed by atoms with Crippen LogP contribution in [0.25, 0.3) is 0 Å². The normalized spacial score (nSPS) is 12.0. The molecule has 0 saturated heterocycles. The van der Waals surface area contributed by atoms with E-state index in [0.717, 1.165) is 57.8 Å². The minimum absolute atomic E-state index is 0.0628. The zero-order valence-corrected chi connectivity index (χ0v) is 55.4. The van der Waals surface area contributed by atoms with Gasteiger partial charge in [-0.15, -0.1) is 0 Å². The number of carbonyl (C=O) groups is 3. The largest absolute Gasteiger partial charge is 0.462 e. The summed E-state index contributed by atoms with van der Waals surface area (Å²) >= 11 is 0. The van der Waals surface area contributed by atoms with E-state index < -0.39 is 6.10 Å². The minimum atomic E-state index is -0.766. The first-order chi connectivity index (χ1) is 40.0. The fourth-order valence-electron chi connectivity index (χ4n) is 11.7. The maximum Gasteiger partial charge on any atom is 0.306 e. The van der Waals surface area contributed by atoms with Crippen molar-refractivity contribution in [3.63, 3.8) is 0 Å². The molecule has 0 aliphatic rings. The lowest BCUT2D eigenvalue weighted by molar-refractivity contribution is -0.167. The third-order valence-electron chi connectivity index (χ3n) is 17.3. The summed E-state index contributed by atoms with van der Waals surface area (Å²) in [5.74, 6) is -0.829. The van der Waals surface area contributed by atoms with Gasteiger partial charge in [-0.2, -0.15) is 0 Å². The molecule has 0 saturated carbocycles. The Morgan fingerprint density at radius 1 is 0.235 bits per heavy atom. The molecule has 0 bridgehead atoms. The van der Waals surface area contributed by atoms with E-state index >= 15 is 0 Å². The molecule has 0 aromatic rings. The second kappa shape index (κ2) is 70.6. The fraction of sp³-hybridized carbons (Fsp3) is 0.933. The summed E-state index contributed by atoms with van der Waals surface area (Å²) in [6, 6.07) is 0. The number of unbranched alkanes of at least 4 members (excludes halogenated alkanes) is 57. The van der Waals surface area contributed by atoms with Gasteiger partial charge in [0.25, 0.3) is 0 Å². The molecular weight excluding hydrogens is 997 g/mol. The topological polar surface area (TPSA) is 78.9 Å². The number of allylic oxidation sites excluding steroid dienone is 2. The SMILES string of the molecule is CCCCCCCCCC/C=C\CCCCCCCCCCCCCCCC(=O)OC(COC(=O)CCCCCCCCCCCC)COC(=O)CCCCCCCCCCCCCCCCCCCCCCCCCCCCCC. The zero-order valence-electron chi connectivity index (χ0n) is 55.4. The highest BCUT2D eigenvalue weighted by atomic mass is 16.6. The molecular formula is C75H144O6. The summed E-state index contributed by atoms with van der Waals surface area (Å²) in [6.07, 6.45) is 85.6. The highest BCUT2D eigenvalue weighted by Crippen LogP contribution is 2.19. The number of carbonyl (C=O) groups excluding carboxylic acids is 3. The van der Waals surface area contributed by atoms with Gasteiger partial charge in [-0.3, -0.25) is 14.4 Å². The smallest absolute Gasteiger partial charge is 0.306 e. The van der Waals surface area contributed by atoms with Crippen LogP contribution in [0.15, 0.2) is 12.2 Å². The molecule has 6 nitrogen and oxygen atoms in total. The Kier molecular flexibility index (Phi) is 69.0. The molecule has 0 heterocycles. The lowest BCUT2D eigenvalue weighted by Crippen LogP contribution is -2.30. The fourth-order valence-corrected chi connectivity index (χ4v) is 11.7. The van der Waals surface area contributed by atoms with Gasteiger partial charge >= 0.3 is 17.9 Å². The first-order valence-electron chi connectivity index (χ1n) is 37.2. The predicted molar refractivity (Wildman–Crippen MR) is 353 cm³/mol. The van der Waals surface area contributed by atoms with Gasteiger partial charge in [0.1, 0.15) is 13.2 Å². The van der Waals surface area contributed by atoms with Crippen LogP contribution in [0.4, 0.5) is 0 Å². The van der Waals surface area contributed by atoms with Crippen molar-refractivity contribution in [2.24, 2.45) is 0 Å². The Morgan fingerprint density at radius 2 is 0.407 bits per heavy atom. The average Bonchev–Trinajstić information content (AvgIpc) is 3.47. The molecule has 0 aromatic carbocycles. The van der Waals surface area contributed by atoms with Gasteiger partial charge in [-0.25, -0.2) is 0 Å². The van der Waals surface area contributed by atoms with Gasteiger partial charge in [-0.1, -0.05) is 380 Å². The van der Waals surface area contributed by atoms with Gasteiger partial charge in [-0.05, 0) is 44.9 Å². The number of hydrogen-bond acceptors (Lipinski definition) is 6. The van der Waals surface area contributed by atoms with Gasteiger partial charge in [0, 0.05) is 19.3 Å². The van der Waals surface area contributed by atoms with Crippen molar-refractivity contribution in [2.45, 2.75) is 438 Å². The summed E-state index contributed by atoms with van der Waals surface area (Å²) in [7, 11) is 0. The van der Waals surface area contributed by atoms with Crippen LogP contribution in [-0.2, 0) is 28.6 Å². The van der Waals surface area contributed by atoms with E-state index in [0.29, 0.717) is 19.3 Å². The predicted octanol–water partition coefficient (Wildman–Crippen LogP) is 25.6. The molecule has 0 rings (SSSR count). The van der Waals surface area contributed by atoms with Crippen molar-refractivity contribution in [1.29, 1.82) is 0 Å². The van der Waals surface area contributed by atoms with E-state index in [1.165, 1.54) is 334 Å². The van der Waals surface area contributed by atoms with E-state index in [4.69, 9.17) is 14.2 Å². The Labute approximate surface area is 507 Å². The van der Waals surface area contributed by atoms with Crippen molar-refractivity contribution in [3.05, 3.63) is 12.2 Å². The number of ether oxygens (including phenoxy) is 3. The molecule has 0 radical (unpaired) electrons. The van der Waals surface area contributed by atoms with Crippen LogP contribution < -0.4 is 0 Å². The summed E-state index contributed by atoms with van der Waals surface area (Å²) in [4.78, 5) is 38.4. The van der Waals surface area contributed by atoms with E-state index in [-0.39, 0.29) is 31.1 Å². The number of hydrogen-bond donors (Lipinski definition) is 0. The zero-order chi connectivity index (χ0) is 58.5. The molecule has 0 aliphatic carbocycles. The van der Waals surface area contributed by atoms with E-state index in [2.05, 4.69) is 32.9 Å². The standard InChI is InChI=1S/C75H144O6/c1-4-7-10-13-16-19-22-24-26-28-30-32-34-36-37-38-40-41-43-45-47-49-51-53-56-59-62-65-68-74(77)80-71-72(70-79-73(76)67-64-61-58-55-21-18-15-12-9-6-3)81-75(78)69-66-63-60-57-54-52-50-48-46-44-42-39-35-33-31-29-27-25-23-20-17-14-11-8-5-2/h29,31,72H,4-28,30,32-71H2,1-3H3/b31-29-. The molecule has 0 aromatic heterocycles. The summed E-state index contributed by atoms with van der Waals surface area (Å²) in [5, 5.41) is 0. The van der Waals surface area contributed by atoms with Crippen LogP contribution in [0.5, 0.6) is 0 Å². The van der Waals surface area contributed by atoms with E-state index in [1.54, 1.807) is 0 Å². The monoisotopic (exact) mass is 1140 g/mol. The minimum Gasteiger partial charge on any atom is -0.462 e. The molecule has 0 amide bonds. The maximum atomic E-state index is 12.9. The lowest BCUT2D eigenvalue weighted by Gasteiger charge is -2.18. The van der Waals surface area contributed by atoms with E-state index in [9.17, 15) is 14.4 Å². The molecule has 480 valence electrons. The summed E-state index contributed by atoms with van der Waals surface area (Å²) in [6.45, 7) is 6.72. The van der Waals surface area contributed by atoms with Crippen molar-refractivity contribution in [1.82, 2.24) is 0 Å². The van der Waals surface area contributed by atoms with Gasteiger partial charge in [0.2, 0.25) is 0 Å². The Balaban J connectivity index is 4.09. The molecule has 0 N–H and O–H groups in total. The summed E-state index contributed by atoms with van der Waals surface area (Å²) < 4.78 is 17.0. The maximum absolute atomic E-state index is 12.9. The van der Waals surface area contributed by atoms with Crippen molar-refractivity contribution in [2.75, 3.05) is 13.2 Å². The van der Waals surface area contributed by atoms with Gasteiger partial charge in [0.15, 0.2) is 6.10 Å². The van der Waals surface area contributed by atoms with E-state index in [1.807, 2.05) is 0 Å². The molecule has 6 heteroatoms. The average molecular weight is 1140 g/mol. The molecule has 0 spiro atoms. The first kappa shape index (κ1) is 79.2. The highest BCUT2D eigenvalue weighted by Gasteiger charge is 2.20. The number of rotatable bonds is 70. The van der Waals surface area contributed by atoms with Crippen molar-refractivity contribution in [3.8, 4) is 0 Å². The van der Waals surface area contributed by atoms with Crippen LogP contribution in [0.3, 0.4) is 0 Å². The molecule has 0 fully saturated rings. The molecule has 1 unspecified atom stereocenters. The first-order valence-corrected chi connectivity index (χ1v) is 37.2. The van der Waals surface area contributed by atoms with Crippen LogP contribution in [0.2, 0.25) is 0 Å². The van der Waals surface area contributed by atoms with Crippen molar-refractivity contribution >= 4 is 17.9 Å². The molecule has 81 heavy (non-hydrogen) atoms. The van der Waals surface area contributed by atoms with Crippen LogP contribution in [0.1, 0.15) is 432 Å². The van der Waals surface area contributed by atoms with Crippen LogP contribution >= 0.6 is 0 Å². The second-order valence-electron chi connectivity index (χ2n) is 25.6. The van der Waals surface area contributed by atoms with Gasteiger partial charge < -0.3 is 14.2 Å². The highest BCUT2D eigenvalue weighted by molar-refractivity contribution is 5.71. The lowest BCUT2D eigenvalue weighted by atomic mass is 10.0. The number of esters is 3. The summed E-state index contributed by atoms with van der Waals surface area (Å²) in [5.41, 5.74) is 0. The van der Waals surface area contributed by atoms with Crippen molar-refractivity contribution < 1.29 is 28.6 Å². The third-order valence-corrected chi connectivity index (χ3v) is 17.3. The Hall–Kier alpha value is -1.85. The Bertz CT molecular complexity index is 1260. The molecule has 1 atom stereocenters. The molecule has 0 aliphatic heterocycles. The Morgan fingerprint density at radius 3 is 0.617 bits per heavy atom. The van der Waals surface area contributed by atoms with Crippen LogP contribution in [0, 0.1) is 0 Å². The third kappa shape index (κ3) is 68.8. The second-order valence-corrected chi connectivity index (χ2v) is 25.6.